The average Bonchev–Trinajstić information content (AvgIpc) is 2.55. The van der Waals surface area contributed by atoms with E-state index in [9.17, 15) is 9.59 Å². The molecule has 1 N–H and O–H groups in total. The molecule has 7 heteroatoms. The highest BCUT2D eigenvalue weighted by molar-refractivity contribution is 6.42. The highest BCUT2D eigenvalue weighted by atomic mass is 35.5. The van der Waals surface area contributed by atoms with E-state index in [2.05, 4.69) is 5.32 Å². The van der Waals surface area contributed by atoms with Gasteiger partial charge >= 0.3 is 6.09 Å². The smallest absolute Gasteiger partial charge is 0.410 e. The Balaban J connectivity index is 1.82. The zero-order valence-electron chi connectivity index (χ0n) is 15.2. The minimum Gasteiger partial charge on any atom is -0.444 e. The summed E-state index contributed by atoms with van der Waals surface area (Å²) in [6.07, 6.45) is 4.16. The van der Waals surface area contributed by atoms with Gasteiger partial charge in [-0.2, -0.15) is 0 Å². The molecule has 0 bridgehead atoms. The van der Waals surface area contributed by atoms with E-state index >= 15 is 0 Å². The summed E-state index contributed by atoms with van der Waals surface area (Å²) in [6.45, 7) is 6.65. The number of likely N-dealkylation sites (tertiary alicyclic amines) is 1. The lowest BCUT2D eigenvalue weighted by Crippen LogP contribution is -2.47. The quantitative estimate of drug-likeness (QED) is 0.761. The maximum absolute atomic E-state index is 12.1. The van der Waals surface area contributed by atoms with Crippen LogP contribution in [0, 0.1) is 0 Å². The van der Waals surface area contributed by atoms with Crippen molar-refractivity contribution in [3.63, 3.8) is 0 Å². The minimum absolute atomic E-state index is 0.0284. The summed E-state index contributed by atoms with van der Waals surface area (Å²) in [4.78, 5) is 25.8. The molecule has 1 aliphatic heterocycles. The molecule has 0 saturated carbocycles. The van der Waals surface area contributed by atoms with Gasteiger partial charge < -0.3 is 15.0 Å². The van der Waals surface area contributed by atoms with Gasteiger partial charge in [0.2, 0.25) is 5.91 Å². The van der Waals surface area contributed by atoms with E-state index in [-0.39, 0.29) is 18.0 Å². The van der Waals surface area contributed by atoms with Crippen molar-refractivity contribution in [3.8, 4) is 0 Å². The first-order chi connectivity index (χ1) is 12.2. The first-order valence-corrected chi connectivity index (χ1v) is 9.32. The van der Waals surface area contributed by atoms with Crippen LogP contribution in [0.15, 0.2) is 24.3 Å². The fourth-order valence-corrected chi connectivity index (χ4v) is 2.97. The summed E-state index contributed by atoms with van der Waals surface area (Å²) in [5.41, 5.74) is 0.184. The molecule has 5 nitrogen and oxygen atoms in total. The SMILES string of the molecule is CC(C)(C)OC(=O)N1CCC(NC(=O)/C=C/c2cccc(Cl)c2Cl)CC1. The summed E-state index contributed by atoms with van der Waals surface area (Å²) < 4.78 is 5.37. The standard InChI is InChI=1S/C19H24Cl2N2O3/c1-19(2,3)26-18(25)23-11-9-14(10-12-23)22-16(24)8-7-13-5-4-6-15(20)17(13)21/h4-8,14H,9-12H2,1-3H3,(H,22,24)/b8-7+. The molecule has 142 valence electrons. The van der Waals surface area contributed by atoms with E-state index in [0.717, 1.165) is 0 Å². The van der Waals surface area contributed by atoms with Crippen LogP contribution in [-0.2, 0) is 9.53 Å². The molecule has 0 radical (unpaired) electrons. The van der Waals surface area contributed by atoms with Crippen LogP contribution in [-0.4, -0.2) is 41.6 Å². The third-order valence-corrected chi connectivity index (χ3v) is 4.72. The Labute approximate surface area is 164 Å². The van der Waals surface area contributed by atoms with Gasteiger partial charge in [0.15, 0.2) is 0 Å². The Hall–Kier alpha value is -1.72. The topological polar surface area (TPSA) is 58.6 Å². The molecule has 1 saturated heterocycles. The van der Waals surface area contributed by atoms with Crippen molar-refractivity contribution >= 4 is 41.3 Å². The Morgan fingerprint density at radius 1 is 1.23 bits per heavy atom. The van der Waals surface area contributed by atoms with Crippen molar-refractivity contribution in [2.75, 3.05) is 13.1 Å². The fraction of sp³-hybridized carbons (Fsp3) is 0.474. The maximum atomic E-state index is 12.1. The molecular weight excluding hydrogens is 375 g/mol. The van der Waals surface area contributed by atoms with Gasteiger partial charge in [0.25, 0.3) is 0 Å². The first kappa shape index (κ1) is 20.6. The van der Waals surface area contributed by atoms with Crippen molar-refractivity contribution in [3.05, 3.63) is 39.9 Å². The Kier molecular flexibility index (Phi) is 6.95. The molecule has 0 spiro atoms. The largest absolute Gasteiger partial charge is 0.444 e. The van der Waals surface area contributed by atoms with Crippen LogP contribution >= 0.6 is 23.2 Å². The number of hydrogen-bond acceptors (Lipinski definition) is 3. The van der Waals surface area contributed by atoms with Gasteiger partial charge in [-0.25, -0.2) is 4.79 Å². The molecular formula is C19H24Cl2N2O3. The second kappa shape index (κ2) is 8.78. The van der Waals surface area contributed by atoms with Crippen LogP contribution in [0.2, 0.25) is 10.0 Å². The number of halogens is 2. The average molecular weight is 399 g/mol. The molecule has 0 aliphatic carbocycles. The number of piperidine rings is 1. The summed E-state index contributed by atoms with van der Waals surface area (Å²) in [5, 5.41) is 3.82. The molecule has 2 amide bonds. The summed E-state index contributed by atoms with van der Waals surface area (Å²) >= 11 is 12.1. The Morgan fingerprint density at radius 3 is 2.50 bits per heavy atom. The monoisotopic (exact) mass is 398 g/mol. The lowest BCUT2D eigenvalue weighted by Gasteiger charge is -2.33. The number of carbonyl (C=O) groups excluding carboxylic acids is 2. The lowest BCUT2D eigenvalue weighted by atomic mass is 10.1. The van der Waals surface area contributed by atoms with Crippen molar-refractivity contribution in [1.82, 2.24) is 10.2 Å². The molecule has 0 atom stereocenters. The molecule has 26 heavy (non-hydrogen) atoms. The Morgan fingerprint density at radius 2 is 1.88 bits per heavy atom. The highest BCUT2D eigenvalue weighted by Gasteiger charge is 2.27. The van der Waals surface area contributed by atoms with Gasteiger partial charge in [-0.1, -0.05) is 35.3 Å². The molecule has 1 aliphatic rings. The van der Waals surface area contributed by atoms with Crippen LogP contribution in [0.3, 0.4) is 0 Å². The van der Waals surface area contributed by atoms with Crippen LogP contribution < -0.4 is 5.32 Å². The van der Waals surface area contributed by atoms with Crippen LogP contribution in [0.1, 0.15) is 39.2 Å². The number of amides is 2. The number of hydrogen-bond donors (Lipinski definition) is 1. The number of nitrogens with zero attached hydrogens (tertiary/aromatic N) is 1. The van der Waals surface area contributed by atoms with E-state index in [1.54, 1.807) is 29.2 Å². The van der Waals surface area contributed by atoms with Crippen molar-refractivity contribution in [2.45, 2.75) is 45.3 Å². The van der Waals surface area contributed by atoms with Crippen molar-refractivity contribution in [2.24, 2.45) is 0 Å². The van der Waals surface area contributed by atoms with Gasteiger partial charge in [-0.15, -0.1) is 0 Å². The molecule has 1 fully saturated rings. The predicted octanol–water partition coefficient (Wildman–Crippen LogP) is 4.52. The minimum atomic E-state index is -0.505. The second-order valence-electron chi connectivity index (χ2n) is 7.23. The van der Waals surface area contributed by atoms with Crippen LogP contribution in [0.25, 0.3) is 6.08 Å². The van der Waals surface area contributed by atoms with Gasteiger partial charge in [-0.3, -0.25) is 4.79 Å². The molecule has 1 heterocycles. The molecule has 1 aromatic carbocycles. The summed E-state index contributed by atoms with van der Waals surface area (Å²) in [7, 11) is 0. The van der Waals surface area contributed by atoms with Crippen molar-refractivity contribution in [1.29, 1.82) is 0 Å². The zero-order chi connectivity index (χ0) is 19.3. The number of rotatable bonds is 3. The highest BCUT2D eigenvalue weighted by Crippen LogP contribution is 2.26. The zero-order valence-corrected chi connectivity index (χ0v) is 16.7. The fourth-order valence-electron chi connectivity index (χ4n) is 2.60. The third kappa shape index (κ3) is 6.22. The number of benzene rings is 1. The molecule has 0 unspecified atom stereocenters. The van der Waals surface area contributed by atoms with Gasteiger partial charge in [0.05, 0.1) is 10.0 Å². The van der Waals surface area contributed by atoms with Crippen LogP contribution in [0.5, 0.6) is 0 Å². The normalized spacial score (nSPS) is 16.0. The number of carbonyl (C=O) groups is 2. The van der Waals surface area contributed by atoms with Gasteiger partial charge in [0, 0.05) is 25.2 Å². The van der Waals surface area contributed by atoms with E-state index in [0.29, 0.717) is 41.5 Å². The first-order valence-electron chi connectivity index (χ1n) is 8.56. The lowest BCUT2D eigenvalue weighted by molar-refractivity contribution is -0.117. The maximum Gasteiger partial charge on any atom is 0.410 e. The second-order valence-corrected chi connectivity index (χ2v) is 8.01. The van der Waals surface area contributed by atoms with Gasteiger partial charge in [-0.05, 0) is 51.3 Å². The summed E-state index contributed by atoms with van der Waals surface area (Å²) in [6, 6.07) is 5.29. The van der Waals surface area contributed by atoms with E-state index < -0.39 is 5.60 Å². The van der Waals surface area contributed by atoms with E-state index in [4.69, 9.17) is 27.9 Å². The Bertz CT molecular complexity index is 691. The summed E-state index contributed by atoms with van der Waals surface area (Å²) in [5.74, 6) is -0.197. The van der Waals surface area contributed by atoms with E-state index in [1.807, 2.05) is 20.8 Å². The van der Waals surface area contributed by atoms with Crippen LogP contribution in [0.4, 0.5) is 4.79 Å². The number of nitrogens with one attached hydrogen (secondary N) is 1. The van der Waals surface area contributed by atoms with E-state index in [1.165, 1.54) is 6.08 Å². The predicted molar refractivity (Wildman–Crippen MR) is 104 cm³/mol. The van der Waals surface area contributed by atoms with Gasteiger partial charge in [0.1, 0.15) is 5.60 Å². The molecule has 2 rings (SSSR count). The molecule has 1 aromatic rings. The number of ether oxygens (including phenoxy) is 1. The molecule has 0 aromatic heterocycles. The van der Waals surface area contributed by atoms with Crippen molar-refractivity contribution < 1.29 is 14.3 Å². The third-order valence-electron chi connectivity index (χ3n) is 3.89.